The van der Waals surface area contributed by atoms with Crippen molar-refractivity contribution in [2.45, 2.75) is 68.8 Å². The van der Waals surface area contributed by atoms with E-state index in [9.17, 15) is 9.90 Å². The molecule has 2 saturated carbocycles. The predicted octanol–water partition coefficient (Wildman–Crippen LogP) is 3.70. The fraction of sp³-hybridized carbons (Fsp3) is 0.923. The van der Waals surface area contributed by atoms with E-state index in [4.69, 9.17) is 0 Å². The minimum absolute atomic E-state index is 0.0403. The number of rotatable bonds is 2. The highest BCUT2D eigenvalue weighted by Crippen LogP contribution is 2.64. The maximum Gasteiger partial charge on any atom is 0.319 e. The van der Waals surface area contributed by atoms with E-state index in [1.165, 1.54) is 25.7 Å². The van der Waals surface area contributed by atoms with E-state index in [0.29, 0.717) is 5.41 Å². The number of carbonyl (C=O) groups is 1. The zero-order valence-corrected chi connectivity index (χ0v) is 11.3. The van der Waals surface area contributed by atoms with Crippen LogP contribution in [0, 0.1) is 5.41 Å². The zero-order chi connectivity index (χ0) is 12.0. The van der Waals surface area contributed by atoms with Gasteiger partial charge in [0.15, 0.2) is 0 Å². The number of aliphatic carboxylic acids is 1. The first-order valence-electron chi connectivity index (χ1n) is 6.21. The summed E-state index contributed by atoms with van der Waals surface area (Å²) in [6.45, 7) is 6.34. The van der Waals surface area contributed by atoms with Crippen molar-refractivity contribution in [2.24, 2.45) is 5.41 Å². The Morgan fingerprint density at radius 3 is 2.06 bits per heavy atom. The molecule has 0 unspecified atom stereocenters. The Hall–Kier alpha value is -0.180. The third kappa shape index (κ3) is 2.11. The number of carboxylic acids is 1. The minimum Gasteiger partial charge on any atom is -0.480 e. The highest BCUT2D eigenvalue weighted by atomic mass is 32.2. The smallest absolute Gasteiger partial charge is 0.319 e. The fourth-order valence-electron chi connectivity index (χ4n) is 3.49. The summed E-state index contributed by atoms with van der Waals surface area (Å²) >= 11 is 1.66. The van der Waals surface area contributed by atoms with Gasteiger partial charge in [-0.05, 0) is 31.1 Å². The molecule has 1 spiro atoms. The topological polar surface area (TPSA) is 37.3 Å². The molecule has 16 heavy (non-hydrogen) atoms. The molecule has 1 N–H and O–H groups in total. The van der Waals surface area contributed by atoms with Crippen molar-refractivity contribution in [2.75, 3.05) is 0 Å². The standard InChI is InChI=1S/C13H22O2S/c1-11(2,3)16-13(10(14)15)8-12(9-13)6-4-5-7-12/h4-9H2,1-3H3,(H,14,15). The summed E-state index contributed by atoms with van der Waals surface area (Å²) in [5.41, 5.74) is 0.399. The molecule has 0 atom stereocenters. The molecule has 2 aliphatic rings. The molecule has 92 valence electrons. The Morgan fingerprint density at radius 2 is 1.69 bits per heavy atom. The summed E-state index contributed by atoms with van der Waals surface area (Å²) in [6, 6.07) is 0. The lowest BCUT2D eigenvalue weighted by Crippen LogP contribution is -2.55. The van der Waals surface area contributed by atoms with Crippen LogP contribution < -0.4 is 0 Å². The van der Waals surface area contributed by atoms with E-state index in [2.05, 4.69) is 20.8 Å². The van der Waals surface area contributed by atoms with Crippen LogP contribution in [0.1, 0.15) is 59.3 Å². The SMILES string of the molecule is CC(C)(C)SC1(C(=O)O)CC2(CCCC2)C1. The predicted molar refractivity (Wildman–Crippen MR) is 67.8 cm³/mol. The van der Waals surface area contributed by atoms with Crippen LogP contribution >= 0.6 is 11.8 Å². The first-order chi connectivity index (χ1) is 7.27. The molecule has 2 rings (SSSR count). The van der Waals surface area contributed by atoms with Crippen molar-refractivity contribution in [3.63, 3.8) is 0 Å². The van der Waals surface area contributed by atoms with Crippen molar-refractivity contribution in [3.8, 4) is 0 Å². The number of hydrogen-bond acceptors (Lipinski definition) is 2. The number of carboxylic acid groups (broad SMARTS) is 1. The highest BCUT2D eigenvalue weighted by molar-refractivity contribution is 8.02. The van der Waals surface area contributed by atoms with Crippen molar-refractivity contribution >= 4 is 17.7 Å². The molecular weight excluding hydrogens is 220 g/mol. The number of thioether (sulfide) groups is 1. The van der Waals surface area contributed by atoms with E-state index >= 15 is 0 Å². The molecule has 2 nitrogen and oxygen atoms in total. The quantitative estimate of drug-likeness (QED) is 0.802. The van der Waals surface area contributed by atoms with Crippen molar-refractivity contribution in [3.05, 3.63) is 0 Å². The first kappa shape index (κ1) is 12.3. The van der Waals surface area contributed by atoms with Gasteiger partial charge in [-0.3, -0.25) is 4.79 Å². The van der Waals surface area contributed by atoms with Gasteiger partial charge in [0.05, 0.1) is 0 Å². The average Bonchev–Trinajstić information content (AvgIpc) is 2.47. The minimum atomic E-state index is -0.593. The molecule has 0 bridgehead atoms. The average molecular weight is 242 g/mol. The van der Waals surface area contributed by atoms with Gasteiger partial charge in [-0.1, -0.05) is 33.6 Å². The van der Waals surface area contributed by atoms with Gasteiger partial charge in [0.25, 0.3) is 0 Å². The van der Waals surface area contributed by atoms with Gasteiger partial charge in [0.1, 0.15) is 4.75 Å². The molecule has 0 saturated heterocycles. The Labute approximate surface area is 102 Å². The van der Waals surface area contributed by atoms with Crippen LogP contribution in [0.25, 0.3) is 0 Å². The molecule has 3 heteroatoms. The third-order valence-electron chi connectivity index (χ3n) is 3.88. The van der Waals surface area contributed by atoms with Gasteiger partial charge in [0.2, 0.25) is 0 Å². The Kier molecular flexibility index (Phi) is 2.81. The molecule has 0 amide bonds. The van der Waals surface area contributed by atoms with Crippen LogP contribution in [0.15, 0.2) is 0 Å². The molecule has 0 aromatic rings. The third-order valence-corrected chi connectivity index (χ3v) is 5.34. The van der Waals surface area contributed by atoms with Gasteiger partial charge in [-0.15, -0.1) is 11.8 Å². The number of hydrogen-bond donors (Lipinski definition) is 1. The van der Waals surface area contributed by atoms with E-state index in [1.807, 2.05) is 0 Å². The largest absolute Gasteiger partial charge is 0.480 e. The van der Waals surface area contributed by atoms with Crippen LogP contribution in [0.3, 0.4) is 0 Å². The summed E-state index contributed by atoms with van der Waals surface area (Å²) in [4.78, 5) is 11.5. The van der Waals surface area contributed by atoms with Gasteiger partial charge < -0.3 is 5.11 Å². The van der Waals surface area contributed by atoms with E-state index in [0.717, 1.165) is 12.8 Å². The summed E-state index contributed by atoms with van der Waals surface area (Å²) in [6.07, 6.45) is 6.92. The lowest BCUT2D eigenvalue weighted by atomic mass is 9.60. The Balaban J connectivity index is 2.07. The summed E-state index contributed by atoms with van der Waals surface area (Å²) in [7, 11) is 0. The fourth-order valence-corrected chi connectivity index (χ4v) is 5.51. The first-order valence-corrected chi connectivity index (χ1v) is 7.02. The lowest BCUT2D eigenvalue weighted by Gasteiger charge is -2.53. The molecule has 0 heterocycles. The summed E-state index contributed by atoms with van der Waals surface area (Å²) in [5, 5.41) is 9.47. The van der Waals surface area contributed by atoms with Gasteiger partial charge in [-0.2, -0.15) is 0 Å². The van der Waals surface area contributed by atoms with Crippen molar-refractivity contribution in [1.29, 1.82) is 0 Å². The van der Waals surface area contributed by atoms with Crippen molar-refractivity contribution in [1.82, 2.24) is 0 Å². The van der Waals surface area contributed by atoms with E-state index < -0.39 is 10.7 Å². The second-order valence-electron chi connectivity index (χ2n) is 6.57. The molecule has 2 aliphatic carbocycles. The normalized spacial score (nSPS) is 26.7. The van der Waals surface area contributed by atoms with E-state index in [1.54, 1.807) is 11.8 Å². The van der Waals surface area contributed by atoms with Gasteiger partial charge in [0, 0.05) is 4.75 Å². The van der Waals surface area contributed by atoms with Crippen molar-refractivity contribution < 1.29 is 9.90 Å². The van der Waals surface area contributed by atoms with Crippen LogP contribution in [0.2, 0.25) is 0 Å². The molecule has 0 radical (unpaired) electrons. The highest BCUT2D eigenvalue weighted by Gasteiger charge is 2.60. The van der Waals surface area contributed by atoms with Gasteiger partial charge in [-0.25, -0.2) is 0 Å². The second kappa shape index (κ2) is 3.66. The Morgan fingerprint density at radius 1 is 1.19 bits per heavy atom. The zero-order valence-electron chi connectivity index (χ0n) is 10.5. The lowest BCUT2D eigenvalue weighted by molar-refractivity contribution is -0.146. The summed E-state index contributed by atoms with van der Waals surface area (Å²) < 4.78 is -0.443. The monoisotopic (exact) mass is 242 g/mol. The molecule has 0 aromatic heterocycles. The molecule has 0 aromatic carbocycles. The Bertz CT molecular complexity index is 290. The second-order valence-corrected chi connectivity index (χ2v) is 8.78. The van der Waals surface area contributed by atoms with E-state index in [-0.39, 0.29) is 4.75 Å². The van der Waals surface area contributed by atoms with Crippen LogP contribution in [-0.4, -0.2) is 20.6 Å². The molecule has 2 fully saturated rings. The maximum atomic E-state index is 11.5. The van der Waals surface area contributed by atoms with Crippen LogP contribution in [0.4, 0.5) is 0 Å². The van der Waals surface area contributed by atoms with Gasteiger partial charge >= 0.3 is 5.97 Å². The maximum absolute atomic E-state index is 11.5. The summed E-state index contributed by atoms with van der Waals surface area (Å²) in [5.74, 6) is -0.593. The van der Waals surface area contributed by atoms with Crippen LogP contribution in [0.5, 0.6) is 0 Å². The van der Waals surface area contributed by atoms with Crippen LogP contribution in [-0.2, 0) is 4.79 Å². The molecule has 0 aliphatic heterocycles. The molecular formula is C13H22O2S.